The molecule has 2 N–H and O–H groups in total. The largest absolute Gasteiger partial charge is 0.497 e. The number of nitrogens with one attached hydrogen (secondary N) is 2. The van der Waals surface area contributed by atoms with Gasteiger partial charge in [-0.15, -0.1) is 0 Å². The van der Waals surface area contributed by atoms with Crippen LogP contribution in [0.5, 0.6) is 11.5 Å². The van der Waals surface area contributed by atoms with Gasteiger partial charge in [-0.3, -0.25) is 4.79 Å². The Labute approximate surface area is 158 Å². The molecule has 1 aliphatic carbocycles. The van der Waals surface area contributed by atoms with Gasteiger partial charge < -0.3 is 19.8 Å². The number of rotatable bonds is 5. The van der Waals surface area contributed by atoms with Crippen LogP contribution in [0.15, 0.2) is 36.4 Å². The second-order valence-electron chi connectivity index (χ2n) is 6.88. The zero-order valence-electron chi connectivity index (χ0n) is 15.7. The number of aromatic nitrogens is 1. The summed E-state index contributed by atoms with van der Waals surface area (Å²) < 4.78 is 10.7. The molecule has 0 radical (unpaired) electrons. The zero-order valence-corrected chi connectivity index (χ0v) is 15.7. The lowest BCUT2D eigenvalue weighted by molar-refractivity contribution is 0.0952. The summed E-state index contributed by atoms with van der Waals surface area (Å²) in [6.07, 6.45) is 4.57. The van der Waals surface area contributed by atoms with Crippen molar-refractivity contribution < 1.29 is 14.3 Å². The lowest BCUT2D eigenvalue weighted by Crippen LogP contribution is -2.23. The van der Waals surface area contributed by atoms with Gasteiger partial charge in [-0.1, -0.05) is 12.1 Å². The van der Waals surface area contributed by atoms with Gasteiger partial charge >= 0.3 is 0 Å². The molecule has 0 atom stereocenters. The molecule has 1 aliphatic rings. The van der Waals surface area contributed by atoms with Crippen LogP contribution < -0.4 is 14.8 Å². The lowest BCUT2D eigenvalue weighted by atomic mass is 9.95. The molecule has 1 amide bonds. The molecule has 0 bridgehead atoms. The Morgan fingerprint density at radius 3 is 2.78 bits per heavy atom. The highest BCUT2D eigenvalue weighted by atomic mass is 16.5. The Morgan fingerprint density at radius 2 is 1.96 bits per heavy atom. The fraction of sp³-hybridized carbons (Fsp3) is 0.318. The van der Waals surface area contributed by atoms with Gasteiger partial charge in [-0.05, 0) is 55.5 Å². The zero-order chi connectivity index (χ0) is 18.8. The Hall–Kier alpha value is -2.95. The van der Waals surface area contributed by atoms with Gasteiger partial charge in [0, 0.05) is 23.2 Å². The minimum Gasteiger partial charge on any atom is -0.497 e. The lowest BCUT2D eigenvalue weighted by Gasteiger charge is -2.12. The summed E-state index contributed by atoms with van der Waals surface area (Å²) in [6.45, 7) is 0.371. The van der Waals surface area contributed by atoms with Gasteiger partial charge in [0.15, 0.2) is 0 Å². The van der Waals surface area contributed by atoms with Crippen molar-refractivity contribution in [2.75, 3.05) is 14.2 Å². The van der Waals surface area contributed by atoms with Gasteiger partial charge in [0.25, 0.3) is 5.91 Å². The number of amides is 1. The summed E-state index contributed by atoms with van der Waals surface area (Å²) in [5, 5.41) is 4.20. The highest BCUT2D eigenvalue weighted by molar-refractivity contribution is 6.06. The fourth-order valence-electron chi connectivity index (χ4n) is 3.91. The van der Waals surface area contributed by atoms with Crippen LogP contribution in [-0.4, -0.2) is 25.1 Å². The molecule has 3 aromatic rings. The molecular formula is C22H24N2O3. The second-order valence-corrected chi connectivity index (χ2v) is 6.88. The predicted octanol–water partition coefficient (Wildman–Crippen LogP) is 3.99. The number of hydrogen-bond donors (Lipinski definition) is 2. The van der Waals surface area contributed by atoms with Crippen molar-refractivity contribution >= 4 is 16.8 Å². The van der Waals surface area contributed by atoms with Crippen molar-refractivity contribution in [1.29, 1.82) is 0 Å². The molecule has 0 saturated heterocycles. The first-order valence-corrected chi connectivity index (χ1v) is 9.33. The molecule has 5 nitrogen and oxygen atoms in total. The minimum atomic E-state index is -0.0935. The predicted molar refractivity (Wildman–Crippen MR) is 106 cm³/mol. The number of hydrogen-bond acceptors (Lipinski definition) is 3. The van der Waals surface area contributed by atoms with E-state index >= 15 is 0 Å². The number of ether oxygens (including phenoxy) is 2. The molecule has 1 aromatic heterocycles. The number of aromatic amines is 1. The van der Waals surface area contributed by atoms with Crippen LogP contribution in [-0.2, 0) is 19.4 Å². The van der Waals surface area contributed by atoms with E-state index in [1.807, 2.05) is 30.3 Å². The molecule has 140 valence electrons. The Balaban J connectivity index is 1.60. The molecule has 0 aliphatic heterocycles. The number of benzene rings is 2. The van der Waals surface area contributed by atoms with Gasteiger partial charge in [0.1, 0.15) is 11.5 Å². The maximum Gasteiger partial charge on any atom is 0.253 e. The van der Waals surface area contributed by atoms with Crippen LogP contribution in [0.1, 0.15) is 40.0 Å². The van der Waals surface area contributed by atoms with Crippen molar-refractivity contribution in [1.82, 2.24) is 10.3 Å². The molecule has 2 aromatic carbocycles. The smallest absolute Gasteiger partial charge is 0.253 e. The van der Waals surface area contributed by atoms with Gasteiger partial charge in [-0.25, -0.2) is 0 Å². The average Bonchev–Trinajstić information content (AvgIpc) is 3.10. The van der Waals surface area contributed by atoms with Crippen LogP contribution in [0.4, 0.5) is 0 Å². The van der Waals surface area contributed by atoms with E-state index in [9.17, 15) is 4.79 Å². The molecular weight excluding hydrogens is 340 g/mol. The molecule has 0 unspecified atom stereocenters. The summed E-state index contributed by atoms with van der Waals surface area (Å²) >= 11 is 0. The first-order valence-electron chi connectivity index (χ1n) is 9.33. The number of para-hydroxylation sites is 1. The van der Waals surface area contributed by atoms with E-state index in [2.05, 4.69) is 16.4 Å². The quantitative estimate of drug-likeness (QED) is 0.719. The van der Waals surface area contributed by atoms with E-state index < -0.39 is 0 Å². The standard InChI is InChI=1S/C22H24N2O3/c1-26-15-10-11-20(27-2)14(12-15)13-23-22(25)18-8-5-7-17-16-6-3-4-9-19(16)24-21(17)18/h5,7-8,10-12,24H,3-4,6,9,13H2,1-2H3,(H,23,25). The highest BCUT2D eigenvalue weighted by Crippen LogP contribution is 2.31. The molecule has 27 heavy (non-hydrogen) atoms. The number of aryl methyl sites for hydroxylation is 2. The summed E-state index contributed by atoms with van der Waals surface area (Å²) in [5.41, 5.74) is 5.16. The van der Waals surface area contributed by atoms with Crippen molar-refractivity contribution in [3.8, 4) is 11.5 Å². The molecule has 1 heterocycles. The fourth-order valence-corrected chi connectivity index (χ4v) is 3.91. The minimum absolute atomic E-state index is 0.0935. The molecule has 4 rings (SSSR count). The number of carbonyl (C=O) groups excluding carboxylic acids is 1. The van der Waals surface area contributed by atoms with Crippen molar-refractivity contribution in [3.05, 3.63) is 58.8 Å². The SMILES string of the molecule is COc1ccc(OC)c(CNC(=O)c2cccc3c4c([nH]c23)CCCC4)c1. The third-order valence-electron chi connectivity index (χ3n) is 5.30. The third-order valence-corrected chi connectivity index (χ3v) is 5.30. The topological polar surface area (TPSA) is 63.4 Å². The number of methoxy groups -OCH3 is 2. The number of carbonyl (C=O) groups is 1. The van der Waals surface area contributed by atoms with Gasteiger partial charge in [0.2, 0.25) is 0 Å². The molecule has 0 spiro atoms. The Bertz CT molecular complexity index is 991. The molecule has 0 fully saturated rings. The van der Waals surface area contributed by atoms with E-state index in [0.717, 1.165) is 35.4 Å². The van der Waals surface area contributed by atoms with Crippen LogP contribution in [0.25, 0.3) is 10.9 Å². The van der Waals surface area contributed by atoms with Crippen molar-refractivity contribution in [3.63, 3.8) is 0 Å². The van der Waals surface area contributed by atoms with E-state index in [0.29, 0.717) is 12.1 Å². The van der Waals surface area contributed by atoms with Crippen LogP contribution in [0.2, 0.25) is 0 Å². The van der Waals surface area contributed by atoms with E-state index in [1.54, 1.807) is 14.2 Å². The maximum absolute atomic E-state index is 12.9. The monoisotopic (exact) mass is 364 g/mol. The van der Waals surface area contributed by atoms with E-state index in [1.165, 1.54) is 29.5 Å². The Morgan fingerprint density at radius 1 is 1.11 bits per heavy atom. The van der Waals surface area contributed by atoms with Crippen LogP contribution in [0.3, 0.4) is 0 Å². The second kappa shape index (κ2) is 7.35. The summed E-state index contributed by atoms with van der Waals surface area (Å²) in [5.74, 6) is 1.37. The third kappa shape index (κ3) is 3.25. The van der Waals surface area contributed by atoms with Gasteiger partial charge in [-0.2, -0.15) is 0 Å². The van der Waals surface area contributed by atoms with E-state index in [4.69, 9.17) is 9.47 Å². The van der Waals surface area contributed by atoms with Crippen LogP contribution in [0, 0.1) is 0 Å². The highest BCUT2D eigenvalue weighted by Gasteiger charge is 2.19. The average molecular weight is 364 g/mol. The molecule has 0 saturated carbocycles. The van der Waals surface area contributed by atoms with Crippen LogP contribution >= 0.6 is 0 Å². The summed E-state index contributed by atoms with van der Waals surface area (Å²) in [7, 11) is 3.25. The number of H-pyrrole nitrogens is 1. The van der Waals surface area contributed by atoms with Crippen molar-refractivity contribution in [2.24, 2.45) is 0 Å². The first-order chi connectivity index (χ1) is 13.2. The van der Waals surface area contributed by atoms with Crippen molar-refractivity contribution in [2.45, 2.75) is 32.2 Å². The normalized spacial score (nSPS) is 13.3. The van der Waals surface area contributed by atoms with Gasteiger partial charge in [0.05, 0.1) is 25.3 Å². The number of fused-ring (bicyclic) bond motifs is 3. The first kappa shape index (κ1) is 17.5. The summed E-state index contributed by atoms with van der Waals surface area (Å²) in [4.78, 5) is 16.4. The molecule has 5 heteroatoms. The Kier molecular flexibility index (Phi) is 4.75. The maximum atomic E-state index is 12.9. The summed E-state index contributed by atoms with van der Waals surface area (Å²) in [6, 6.07) is 11.5. The van der Waals surface area contributed by atoms with E-state index in [-0.39, 0.29) is 5.91 Å².